The summed E-state index contributed by atoms with van der Waals surface area (Å²) in [4.78, 5) is 21.7. The Morgan fingerprint density at radius 3 is 2.11 bits per heavy atom. The van der Waals surface area contributed by atoms with E-state index in [0.717, 1.165) is 30.4 Å². The third kappa shape index (κ3) is 6.90. The summed E-state index contributed by atoms with van der Waals surface area (Å²) >= 11 is 0. The highest BCUT2D eigenvalue weighted by atomic mass is 16.5. The smallest absolute Gasteiger partial charge is 0.343 e. The maximum atomic E-state index is 12.7. The van der Waals surface area contributed by atoms with Crippen LogP contribution >= 0.6 is 0 Å². The molecular formula is C29H30N4O3. The van der Waals surface area contributed by atoms with Crippen LogP contribution in [0.5, 0.6) is 11.5 Å². The highest BCUT2D eigenvalue weighted by Gasteiger charge is 2.19. The van der Waals surface area contributed by atoms with E-state index < -0.39 is 5.97 Å². The Morgan fingerprint density at radius 1 is 0.833 bits per heavy atom. The van der Waals surface area contributed by atoms with Gasteiger partial charge in [-0.3, -0.25) is 0 Å². The zero-order valence-electron chi connectivity index (χ0n) is 20.8. The molecule has 7 heteroatoms. The molecule has 0 aliphatic rings. The van der Waals surface area contributed by atoms with Crippen molar-refractivity contribution in [3.8, 4) is 35.0 Å². The van der Waals surface area contributed by atoms with Crippen LogP contribution in [-0.2, 0) is 6.42 Å². The van der Waals surface area contributed by atoms with Gasteiger partial charge in [-0.1, -0.05) is 51.7 Å². The van der Waals surface area contributed by atoms with Crippen LogP contribution in [0, 0.1) is 22.7 Å². The summed E-state index contributed by atoms with van der Waals surface area (Å²) in [6, 6.07) is 13.7. The van der Waals surface area contributed by atoms with Crippen LogP contribution in [0.3, 0.4) is 0 Å². The van der Waals surface area contributed by atoms with Gasteiger partial charge in [0.1, 0.15) is 29.0 Å². The number of nitriles is 2. The lowest BCUT2D eigenvalue weighted by Crippen LogP contribution is -2.10. The van der Waals surface area contributed by atoms with Crippen molar-refractivity contribution in [3.63, 3.8) is 0 Å². The molecule has 7 nitrogen and oxygen atoms in total. The first-order chi connectivity index (χ1) is 17.6. The lowest BCUT2D eigenvalue weighted by Gasteiger charge is -2.11. The van der Waals surface area contributed by atoms with E-state index in [0.29, 0.717) is 23.7 Å². The fraction of sp³-hybridized carbons (Fsp3) is 0.345. The SMILES string of the molecule is CCCCCCCc1cnc(-c2ccc(C(=O)Oc3ccc(OCCC)c(C#N)c3C#N)cc2)nc1. The Hall–Kier alpha value is -4.23. The van der Waals surface area contributed by atoms with Crippen LogP contribution in [-0.4, -0.2) is 22.5 Å². The molecule has 1 aromatic heterocycles. The van der Waals surface area contributed by atoms with Crippen molar-refractivity contribution in [1.29, 1.82) is 10.5 Å². The van der Waals surface area contributed by atoms with E-state index in [-0.39, 0.29) is 16.9 Å². The second-order valence-corrected chi connectivity index (χ2v) is 8.43. The first kappa shape index (κ1) is 26.4. The predicted octanol–water partition coefficient (Wildman–Crippen LogP) is 6.41. The average Bonchev–Trinajstić information content (AvgIpc) is 2.92. The van der Waals surface area contributed by atoms with Crippen molar-refractivity contribution in [2.75, 3.05) is 6.61 Å². The first-order valence-electron chi connectivity index (χ1n) is 12.3. The van der Waals surface area contributed by atoms with Gasteiger partial charge in [0, 0.05) is 18.0 Å². The molecule has 0 aliphatic carbocycles. The average molecular weight is 483 g/mol. The summed E-state index contributed by atoms with van der Waals surface area (Å²) in [6.07, 6.45) is 11.6. The third-order valence-electron chi connectivity index (χ3n) is 5.67. The van der Waals surface area contributed by atoms with Crippen LogP contribution in [0.4, 0.5) is 0 Å². The Bertz CT molecular complexity index is 1240. The van der Waals surface area contributed by atoms with Crippen molar-refractivity contribution >= 4 is 5.97 Å². The minimum atomic E-state index is -0.636. The number of ether oxygens (including phenoxy) is 2. The van der Waals surface area contributed by atoms with Crippen molar-refractivity contribution in [2.24, 2.45) is 0 Å². The molecule has 0 spiro atoms. The molecule has 0 saturated heterocycles. The molecule has 0 aliphatic heterocycles. The molecule has 0 amide bonds. The standard InChI is InChI=1S/C29H30N4O3/c1-3-5-6-7-8-9-21-19-32-28(33-20-21)22-10-12-23(13-11-22)29(34)36-27-15-14-26(35-16-4-2)24(17-30)25(27)18-31/h10-15,19-20H,3-9,16H2,1-2H3. The maximum Gasteiger partial charge on any atom is 0.343 e. The lowest BCUT2D eigenvalue weighted by molar-refractivity contribution is 0.0734. The van der Waals surface area contributed by atoms with Gasteiger partial charge < -0.3 is 9.47 Å². The summed E-state index contributed by atoms with van der Waals surface area (Å²) in [5.74, 6) is 0.254. The molecule has 0 atom stereocenters. The number of benzene rings is 2. The minimum Gasteiger partial charge on any atom is -0.492 e. The molecule has 3 aromatic rings. The molecule has 184 valence electrons. The Labute approximate surface area is 212 Å². The van der Waals surface area contributed by atoms with Crippen LogP contribution in [0.1, 0.15) is 79.4 Å². The molecule has 36 heavy (non-hydrogen) atoms. The third-order valence-corrected chi connectivity index (χ3v) is 5.67. The second kappa shape index (κ2) is 13.6. The highest BCUT2D eigenvalue weighted by molar-refractivity contribution is 5.92. The van der Waals surface area contributed by atoms with Gasteiger partial charge in [0.15, 0.2) is 11.6 Å². The van der Waals surface area contributed by atoms with E-state index in [1.165, 1.54) is 37.8 Å². The van der Waals surface area contributed by atoms with E-state index in [1.54, 1.807) is 24.3 Å². The molecule has 0 N–H and O–H groups in total. The quantitative estimate of drug-likeness (QED) is 0.167. The summed E-state index contributed by atoms with van der Waals surface area (Å²) in [5.41, 5.74) is 2.22. The van der Waals surface area contributed by atoms with Crippen LogP contribution in [0.2, 0.25) is 0 Å². The number of unbranched alkanes of at least 4 members (excludes halogenated alkanes) is 4. The predicted molar refractivity (Wildman–Crippen MR) is 137 cm³/mol. The summed E-state index contributed by atoms with van der Waals surface area (Å²) in [7, 11) is 0. The Kier molecular flexibility index (Phi) is 9.97. The minimum absolute atomic E-state index is 0.0144. The summed E-state index contributed by atoms with van der Waals surface area (Å²) in [5, 5.41) is 19.1. The number of rotatable bonds is 12. The largest absolute Gasteiger partial charge is 0.492 e. The van der Waals surface area contributed by atoms with Gasteiger partial charge in [-0.05, 0) is 49.1 Å². The van der Waals surface area contributed by atoms with E-state index in [1.807, 2.05) is 31.5 Å². The normalized spacial score (nSPS) is 10.3. The fourth-order valence-corrected chi connectivity index (χ4v) is 3.68. The van der Waals surface area contributed by atoms with Crippen LogP contribution in [0.25, 0.3) is 11.4 Å². The van der Waals surface area contributed by atoms with Crippen LogP contribution < -0.4 is 9.47 Å². The van der Waals surface area contributed by atoms with Crippen molar-refractivity contribution < 1.29 is 14.3 Å². The lowest BCUT2D eigenvalue weighted by atomic mass is 10.1. The van der Waals surface area contributed by atoms with Gasteiger partial charge in [-0.2, -0.15) is 10.5 Å². The molecule has 2 aromatic carbocycles. The zero-order valence-corrected chi connectivity index (χ0v) is 20.8. The Balaban J connectivity index is 1.66. The van der Waals surface area contributed by atoms with Gasteiger partial charge in [-0.25, -0.2) is 14.8 Å². The van der Waals surface area contributed by atoms with Crippen molar-refractivity contribution in [2.45, 2.75) is 58.8 Å². The number of aryl methyl sites for hydroxylation is 1. The fourth-order valence-electron chi connectivity index (χ4n) is 3.68. The maximum absolute atomic E-state index is 12.7. The van der Waals surface area contributed by atoms with E-state index in [9.17, 15) is 15.3 Å². The van der Waals surface area contributed by atoms with Gasteiger partial charge >= 0.3 is 5.97 Å². The highest BCUT2D eigenvalue weighted by Crippen LogP contribution is 2.30. The Morgan fingerprint density at radius 2 is 1.47 bits per heavy atom. The van der Waals surface area contributed by atoms with Crippen LogP contribution in [0.15, 0.2) is 48.8 Å². The number of hydrogen-bond donors (Lipinski definition) is 0. The zero-order chi connectivity index (χ0) is 25.8. The van der Waals surface area contributed by atoms with Gasteiger partial charge in [0.2, 0.25) is 0 Å². The molecule has 0 radical (unpaired) electrons. The summed E-state index contributed by atoms with van der Waals surface area (Å²) < 4.78 is 11.0. The second-order valence-electron chi connectivity index (χ2n) is 8.43. The number of nitrogens with zero attached hydrogens (tertiary/aromatic N) is 4. The number of carbonyl (C=O) groups is 1. The van der Waals surface area contributed by atoms with E-state index in [4.69, 9.17) is 9.47 Å². The van der Waals surface area contributed by atoms with E-state index in [2.05, 4.69) is 16.9 Å². The molecule has 1 heterocycles. The van der Waals surface area contributed by atoms with Gasteiger partial charge in [0.05, 0.1) is 12.2 Å². The van der Waals surface area contributed by atoms with Crippen molar-refractivity contribution in [1.82, 2.24) is 9.97 Å². The molecule has 0 fully saturated rings. The molecule has 3 rings (SSSR count). The number of aromatic nitrogens is 2. The molecule has 0 saturated carbocycles. The molecular weight excluding hydrogens is 452 g/mol. The first-order valence-corrected chi connectivity index (χ1v) is 12.3. The van der Waals surface area contributed by atoms with Gasteiger partial charge in [0.25, 0.3) is 0 Å². The number of esters is 1. The number of hydrogen-bond acceptors (Lipinski definition) is 7. The molecule has 0 unspecified atom stereocenters. The number of carbonyl (C=O) groups excluding carboxylic acids is 1. The van der Waals surface area contributed by atoms with E-state index >= 15 is 0 Å². The summed E-state index contributed by atoms with van der Waals surface area (Å²) in [6.45, 7) is 4.56. The monoisotopic (exact) mass is 482 g/mol. The van der Waals surface area contributed by atoms with Crippen molar-refractivity contribution in [3.05, 3.63) is 71.0 Å². The molecule has 0 bridgehead atoms. The van der Waals surface area contributed by atoms with Gasteiger partial charge in [-0.15, -0.1) is 0 Å². The topological polar surface area (TPSA) is 109 Å².